The summed E-state index contributed by atoms with van der Waals surface area (Å²) in [7, 11) is 0. The monoisotopic (exact) mass is 426 g/mol. The van der Waals surface area contributed by atoms with Crippen LogP contribution in [0.25, 0.3) is 22.8 Å². The second-order valence-corrected chi connectivity index (χ2v) is 7.71. The number of benzene rings is 3. The van der Waals surface area contributed by atoms with E-state index < -0.39 is 23.3 Å². The third-order valence-corrected chi connectivity index (χ3v) is 5.46. The first-order chi connectivity index (χ1) is 15.0. The fourth-order valence-electron chi connectivity index (χ4n) is 3.83. The maximum atomic E-state index is 14.9. The summed E-state index contributed by atoms with van der Waals surface area (Å²) in [6, 6.07) is 11.8. The van der Waals surface area contributed by atoms with Gasteiger partial charge in [0.05, 0.1) is 6.61 Å². The lowest BCUT2D eigenvalue weighted by Gasteiger charge is -2.11. The minimum absolute atomic E-state index is 0.143. The van der Waals surface area contributed by atoms with Crippen LogP contribution < -0.4 is 4.74 Å². The summed E-state index contributed by atoms with van der Waals surface area (Å²) in [5.74, 6) is -2.66. The molecule has 0 fully saturated rings. The van der Waals surface area contributed by atoms with Gasteiger partial charge in [-0.1, -0.05) is 38.0 Å². The van der Waals surface area contributed by atoms with Crippen molar-refractivity contribution in [2.45, 2.75) is 32.6 Å². The van der Waals surface area contributed by atoms with Gasteiger partial charge in [0.25, 0.3) is 0 Å². The van der Waals surface area contributed by atoms with Gasteiger partial charge in [-0.25, -0.2) is 17.6 Å². The van der Waals surface area contributed by atoms with Crippen LogP contribution in [0, 0.1) is 23.3 Å². The van der Waals surface area contributed by atoms with Gasteiger partial charge >= 0.3 is 0 Å². The van der Waals surface area contributed by atoms with E-state index in [9.17, 15) is 17.6 Å². The molecule has 31 heavy (non-hydrogen) atoms. The zero-order chi connectivity index (χ0) is 22.0. The Bertz CT molecular complexity index is 1110. The summed E-state index contributed by atoms with van der Waals surface area (Å²) in [5.41, 5.74) is 2.20. The fraction of sp³-hybridized carbons (Fsp3) is 0.231. The number of hydrogen-bond acceptors (Lipinski definition) is 1. The van der Waals surface area contributed by atoms with E-state index in [4.69, 9.17) is 4.74 Å². The molecule has 3 aromatic rings. The normalized spacial score (nSPS) is 12.6. The standard InChI is InChI=1S/C26H22F4O/c1-2-3-4-9-31-21-7-5-16(6-8-21)19-14-24(29)26(25(30)15-19)20-10-17-12-22(27)23(28)13-18(17)11-20/h5-8,10,12-15H,2-4,9,11H2,1H3. The van der Waals surface area contributed by atoms with Crippen molar-refractivity contribution in [1.82, 2.24) is 0 Å². The van der Waals surface area contributed by atoms with E-state index in [1.807, 2.05) is 0 Å². The summed E-state index contributed by atoms with van der Waals surface area (Å²) >= 11 is 0. The van der Waals surface area contributed by atoms with E-state index in [0.29, 0.717) is 40.2 Å². The molecule has 5 heteroatoms. The molecular formula is C26H22F4O. The Morgan fingerprint density at radius 3 is 2.13 bits per heavy atom. The van der Waals surface area contributed by atoms with Gasteiger partial charge in [0.15, 0.2) is 11.6 Å². The predicted molar refractivity (Wildman–Crippen MR) is 115 cm³/mol. The highest BCUT2D eigenvalue weighted by atomic mass is 19.2. The lowest BCUT2D eigenvalue weighted by Crippen LogP contribution is -1.98. The summed E-state index contributed by atoms with van der Waals surface area (Å²) in [6.07, 6.45) is 4.85. The molecule has 4 rings (SSSR count). The Morgan fingerprint density at radius 2 is 1.45 bits per heavy atom. The quantitative estimate of drug-likeness (QED) is 0.280. The molecule has 0 spiro atoms. The smallest absolute Gasteiger partial charge is 0.159 e. The third-order valence-electron chi connectivity index (χ3n) is 5.46. The minimum atomic E-state index is -0.981. The van der Waals surface area contributed by atoms with Crippen molar-refractivity contribution in [2.75, 3.05) is 6.61 Å². The first kappa shape index (κ1) is 21.2. The zero-order valence-corrected chi connectivity index (χ0v) is 17.2. The van der Waals surface area contributed by atoms with Gasteiger partial charge in [0, 0.05) is 5.56 Å². The van der Waals surface area contributed by atoms with Gasteiger partial charge in [-0.2, -0.15) is 0 Å². The van der Waals surface area contributed by atoms with Crippen LogP contribution in [0.5, 0.6) is 5.75 Å². The topological polar surface area (TPSA) is 9.23 Å². The molecule has 0 bridgehead atoms. The molecule has 1 aliphatic rings. The van der Waals surface area contributed by atoms with E-state index in [2.05, 4.69) is 6.92 Å². The first-order valence-electron chi connectivity index (χ1n) is 10.4. The molecule has 0 saturated heterocycles. The van der Waals surface area contributed by atoms with Crippen LogP contribution in [0.3, 0.4) is 0 Å². The van der Waals surface area contributed by atoms with Crippen molar-refractivity contribution in [3.05, 3.63) is 88.5 Å². The van der Waals surface area contributed by atoms with Crippen molar-refractivity contribution in [3.63, 3.8) is 0 Å². The lowest BCUT2D eigenvalue weighted by molar-refractivity contribution is 0.306. The SMILES string of the molecule is CCCCCOc1ccc(-c2cc(F)c(C3=Cc4cc(F)c(F)cc4C3)c(F)c2)cc1. The Balaban J connectivity index is 1.55. The summed E-state index contributed by atoms with van der Waals surface area (Å²) in [6.45, 7) is 2.76. The Kier molecular flexibility index (Phi) is 6.12. The maximum Gasteiger partial charge on any atom is 0.159 e. The van der Waals surface area contributed by atoms with Crippen LogP contribution in [0.15, 0.2) is 48.5 Å². The molecule has 0 amide bonds. The second kappa shape index (κ2) is 8.96. The Labute approximate surface area is 179 Å². The molecule has 1 aliphatic carbocycles. The number of allylic oxidation sites excluding steroid dienone is 1. The number of unbranched alkanes of at least 4 members (excludes halogenated alkanes) is 2. The number of fused-ring (bicyclic) bond motifs is 1. The van der Waals surface area contributed by atoms with Crippen LogP contribution in [-0.2, 0) is 6.42 Å². The molecule has 0 heterocycles. The van der Waals surface area contributed by atoms with Gasteiger partial charge in [-0.05, 0) is 77.1 Å². The molecular weight excluding hydrogens is 404 g/mol. The molecule has 3 aromatic carbocycles. The number of halogens is 4. The maximum absolute atomic E-state index is 14.9. The van der Waals surface area contributed by atoms with Crippen molar-refractivity contribution < 1.29 is 22.3 Å². The average Bonchev–Trinajstić information content (AvgIpc) is 3.13. The lowest BCUT2D eigenvalue weighted by atomic mass is 9.97. The van der Waals surface area contributed by atoms with Gasteiger partial charge in [-0.15, -0.1) is 0 Å². The minimum Gasteiger partial charge on any atom is -0.494 e. The molecule has 1 nitrogen and oxygen atoms in total. The highest BCUT2D eigenvalue weighted by Crippen LogP contribution is 2.37. The molecule has 0 unspecified atom stereocenters. The highest BCUT2D eigenvalue weighted by molar-refractivity contribution is 5.89. The number of rotatable bonds is 7. The van der Waals surface area contributed by atoms with Gasteiger partial charge in [-0.3, -0.25) is 0 Å². The Hall–Kier alpha value is -3.08. The fourth-order valence-corrected chi connectivity index (χ4v) is 3.83. The van der Waals surface area contributed by atoms with Crippen molar-refractivity contribution in [2.24, 2.45) is 0 Å². The van der Waals surface area contributed by atoms with Gasteiger partial charge in [0.1, 0.15) is 17.4 Å². The zero-order valence-electron chi connectivity index (χ0n) is 17.2. The molecule has 0 saturated carbocycles. The number of hydrogen-bond donors (Lipinski definition) is 0. The molecule has 0 atom stereocenters. The summed E-state index contributed by atoms with van der Waals surface area (Å²) in [4.78, 5) is 0. The van der Waals surface area contributed by atoms with E-state index in [0.717, 1.165) is 31.4 Å². The van der Waals surface area contributed by atoms with E-state index >= 15 is 0 Å². The Morgan fingerprint density at radius 1 is 0.774 bits per heavy atom. The predicted octanol–water partition coefficient (Wildman–Crippen LogP) is 7.58. The molecule has 0 aromatic heterocycles. The van der Waals surface area contributed by atoms with Crippen LogP contribution in [0.1, 0.15) is 42.9 Å². The summed E-state index contributed by atoms with van der Waals surface area (Å²) in [5, 5.41) is 0. The van der Waals surface area contributed by atoms with Crippen LogP contribution in [-0.4, -0.2) is 6.61 Å². The molecule has 0 aliphatic heterocycles. The van der Waals surface area contributed by atoms with Crippen molar-refractivity contribution >= 4 is 11.6 Å². The van der Waals surface area contributed by atoms with Crippen LogP contribution >= 0.6 is 0 Å². The molecule has 160 valence electrons. The third kappa shape index (κ3) is 4.50. The van der Waals surface area contributed by atoms with E-state index in [-0.39, 0.29) is 12.0 Å². The van der Waals surface area contributed by atoms with E-state index in [1.54, 1.807) is 24.3 Å². The molecule has 0 N–H and O–H groups in total. The first-order valence-corrected chi connectivity index (χ1v) is 10.4. The van der Waals surface area contributed by atoms with Crippen LogP contribution in [0.2, 0.25) is 0 Å². The highest BCUT2D eigenvalue weighted by Gasteiger charge is 2.23. The summed E-state index contributed by atoms with van der Waals surface area (Å²) < 4.78 is 62.4. The molecule has 0 radical (unpaired) electrons. The second-order valence-electron chi connectivity index (χ2n) is 7.71. The average molecular weight is 426 g/mol. The van der Waals surface area contributed by atoms with Crippen LogP contribution in [0.4, 0.5) is 17.6 Å². The van der Waals surface area contributed by atoms with E-state index in [1.165, 1.54) is 18.2 Å². The van der Waals surface area contributed by atoms with Crippen molar-refractivity contribution in [1.29, 1.82) is 0 Å². The van der Waals surface area contributed by atoms with Crippen molar-refractivity contribution in [3.8, 4) is 16.9 Å². The number of ether oxygens (including phenoxy) is 1. The van der Waals surface area contributed by atoms with Gasteiger partial charge < -0.3 is 4.74 Å². The largest absolute Gasteiger partial charge is 0.494 e. The van der Waals surface area contributed by atoms with Gasteiger partial charge in [0.2, 0.25) is 0 Å².